The number of rotatable bonds is 1. The lowest BCUT2D eigenvalue weighted by molar-refractivity contribution is 0.110. The molecule has 2 atom stereocenters. The zero-order chi connectivity index (χ0) is 7.84. The first-order chi connectivity index (χ1) is 5.25. The fraction of sp³-hybridized carbons (Fsp3) is 0.625. The molecule has 2 aliphatic carbocycles. The molecule has 3 nitrogen and oxygen atoms in total. The van der Waals surface area contributed by atoms with E-state index in [0.29, 0.717) is 17.6 Å². The number of carboxylic acid groups (broad SMARTS) is 1. The van der Waals surface area contributed by atoms with Crippen molar-refractivity contribution in [1.29, 1.82) is 0 Å². The Labute approximate surface area is 64.7 Å². The molecule has 2 bridgehead atoms. The van der Waals surface area contributed by atoms with Crippen molar-refractivity contribution in [2.24, 2.45) is 11.8 Å². The Hall–Kier alpha value is -0.990. The van der Waals surface area contributed by atoms with Crippen molar-refractivity contribution in [3.63, 3.8) is 0 Å². The van der Waals surface area contributed by atoms with Crippen molar-refractivity contribution in [3.8, 4) is 0 Å². The molecule has 0 aliphatic heterocycles. The van der Waals surface area contributed by atoms with Crippen LogP contribution in [0.2, 0.25) is 0 Å². The summed E-state index contributed by atoms with van der Waals surface area (Å²) in [5.41, 5.74) is 0. The number of allylic oxidation sites excluding steroid dienone is 2. The Morgan fingerprint density at radius 1 is 1.64 bits per heavy atom. The highest BCUT2D eigenvalue weighted by molar-refractivity contribution is 5.58. The highest BCUT2D eigenvalue weighted by atomic mass is 16.7. The standard InChI is InChI=1S/C8H10O3/c9-8(10)11-7-4-5-1-2-6(7)3-5/h4-6H,1-3H2,(H,9,10)/t5?,6-/m0/s1. The van der Waals surface area contributed by atoms with Crippen LogP contribution in [-0.2, 0) is 4.74 Å². The van der Waals surface area contributed by atoms with Crippen LogP contribution in [0.3, 0.4) is 0 Å². The summed E-state index contributed by atoms with van der Waals surface area (Å²) in [6.07, 6.45) is 4.19. The monoisotopic (exact) mass is 154 g/mol. The van der Waals surface area contributed by atoms with Gasteiger partial charge in [-0.1, -0.05) is 0 Å². The topological polar surface area (TPSA) is 46.5 Å². The summed E-state index contributed by atoms with van der Waals surface area (Å²) in [4.78, 5) is 10.2. The quantitative estimate of drug-likeness (QED) is 0.587. The maximum atomic E-state index is 10.2. The van der Waals surface area contributed by atoms with E-state index < -0.39 is 6.16 Å². The van der Waals surface area contributed by atoms with Crippen LogP contribution in [0.4, 0.5) is 4.79 Å². The van der Waals surface area contributed by atoms with Gasteiger partial charge < -0.3 is 9.84 Å². The predicted octanol–water partition coefficient (Wildman–Crippen LogP) is 1.99. The van der Waals surface area contributed by atoms with E-state index in [1.807, 2.05) is 6.08 Å². The molecule has 0 aromatic rings. The first-order valence-electron chi connectivity index (χ1n) is 3.88. The van der Waals surface area contributed by atoms with Gasteiger partial charge in [0.25, 0.3) is 0 Å². The molecule has 3 heteroatoms. The lowest BCUT2D eigenvalue weighted by Gasteiger charge is -2.10. The Bertz CT molecular complexity index is 219. The molecular formula is C8H10O3. The Balaban J connectivity index is 2.05. The van der Waals surface area contributed by atoms with E-state index in [2.05, 4.69) is 4.74 Å². The molecule has 60 valence electrons. The minimum Gasteiger partial charge on any atom is -0.449 e. The molecule has 0 radical (unpaired) electrons. The fourth-order valence-electron chi connectivity index (χ4n) is 2.01. The molecular weight excluding hydrogens is 144 g/mol. The molecule has 0 spiro atoms. The van der Waals surface area contributed by atoms with Crippen molar-refractivity contribution < 1.29 is 14.6 Å². The molecule has 0 saturated heterocycles. The van der Waals surface area contributed by atoms with E-state index in [1.165, 1.54) is 6.42 Å². The fourth-order valence-corrected chi connectivity index (χ4v) is 2.01. The number of hydrogen-bond donors (Lipinski definition) is 1. The first kappa shape index (κ1) is 6.70. The Kier molecular flexibility index (Phi) is 1.37. The van der Waals surface area contributed by atoms with Gasteiger partial charge in [0.05, 0.1) is 0 Å². The van der Waals surface area contributed by atoms with Gasteiger partial charge in [0.2, 0.25) is 0 Å². The zero-order valence-electron chi connectivity index (χ0n) is 6.12. The normalized spacial score (nSPS) is 33.6. The van der Waals surface area contributed by atoms with E-state index in [1.54, 1.807) is 0 Å². The van der Waals surface area contributed by atoms with Crippen LogP contribution in [0.25, 0.3) is 0 Å². The number of hydrogen-bond acceptors (Lipinski definition) is 2. The van der Waals surface area contributed by atoms with Gasteiger partial charge in [-0.2, -0.15) is 0 Å². The van der Waals surface area contributed by atoms with Crippen LogP contribution in [0.5, 0.6) is 0 Å². The van der Waals surface area contributed by atoms with Crippen molar-refractivity contribution >= 4 is 6.16 Å². The summed E-state index contributed by atoms with van der Waals surface area (Å²) in [6, 6.07) is 0. The zero-order valence-corrected chi connectivity index (χ0v) is 6.12. The van der Waals surface area contributed by atoms with E-state index >= 15 is 0 Å². The summed E-state index contributed by atoms with van der Waals surface area (Å²) in [5, 5.41) is 8.34. The smallest absolute Gasteiger partial charge is 0.449 e. The van der Waals surface area contributed by atoms with Gasteiger partial charge in [-0.3, -0.25) is 0 Å². The maximum absolute atomic E-state index is 10.2. The Morgan fingerprint density at radius 3 is 2.91 bits per heavy atom. The Morgan fingerprint density at radius 2 is 2.45 bits per heavy atom. The average Bonchev–Trinajstić information content (AvgIpc) is 2.45. The van der Waals surface area contributed by atoms with Crippen molar-refractivity contribution in [3.05, 3.63) is 11.8 Å². The van der Waals surface area contributed by atoms with Crippen molar-refractivity contribution in [2.45, 2.75) is 19.3 Å². The third-order valence-electron chi connectivity index (χ3n) is 2.48. The third-order valence-corrected chi connectivity index (χ3v) is 2.48. The summed E-state index contributed by atoms with van der Waals surface area (Å²) in [7, 11) is 0. The van der Waals surface area contributed by atoms with E-state index in [4.69, 9.17) is 5.11 Å². The largest absolute Gasteiger partial charge is 0.511 e. The lowest BCUT2D eigenvalue weighted by Crippen LogP contribution is -2.06. The molecule has 11 heavy (non-hydrogen) atoms. The molecule has 0 aromatic carbocycles. The predicted molar refractivity (Wildman–Crippen MR) is 38.0 cm³/mol. The van der Waals surface area contributed by atoms with E-state index in [9.17, 15) is 4.79 Å². The SMILES string of the molecule is O=C(O)OC1=CC2CC[C@H]1C2. The molecule has 0 amide bonds. The molecule has 1 N–H and O–H groups in total. The van der Waals surface area contributed by atoms with Crippen LogP contribution in [0.1, 0.15) is 19.3 Å². The third kappa shape index (κ3) is 1.11. The maximum Gasteiger partial charge on any atom is 0.511 e. The van der Waals surface area contributed by atoms with E-state index in [-0.39, 0.29) is 0 Å². The van der Waals surface area contributed by atoms with Gasteiger partial charge >= 0.3 is 6.16 Å². The molecule has 2 aliphatic rings. The van der Waals surface area contributed by atoms with Gasteiger partial charge in [-0.05, 0) is 31.3 Å². The van der Waals surface area contributed by atoms with Crippen molar-refractivity contribution in [1.82, 2.24) is 0 Å². The second kappa shape index (κ2) is 2.26. The van der Waals surface area contributed by atoms with Gasteiger partial charge in [0.1, 0.15) is 5.76 Å². The van der Waals surface area contributed by atoms with Crippen LogP contribution >= 0.6 is 0 Å². The number of carbonyl (C=O) groups is 1. The molecule has 1 fully saturated rings. The molecule has 0 aromatic heterocycles. The van der Waals surface area contributed by atoms with Crippen LogP contribution in [0, 0.1) is 11.8 Å². The molecule has 0 heterocycles. The van der Waals surface area contributed by atoms with Gasteiger partial charge in [0.15, 0.2) is 0 Å². The minimum absolute atomic E-state index is 0.399. The number of fused-ring (bicyclic) bond motifs is 2. The highest BCUT2D eigenvalue weighted by Gasteiger charge is 2.34. The van der Waals surface area contributed by atoms with Gasteiger partial charge in [0, 0.05) is 5.92 Å². The molecule has 2 rings (SSSR count). The second-order valence-electron chi connectivity index (χ2n) is 3.21. The summed E-state index contributed by atoms with van der Waals surface area (Å²) in [5.74, 6) is 1.68. The van der Waals surface area contributed by atoms with E-state index in [0.717, 1.165) is 12.8 Å². The lowest BCUT2D eigenvalue weighted by atomic mass is 10.1. The van der Waals surface area contributed by atoms with Crippen LogP contribution in [0.15, 0.2) is 11.8 Å². The van der Waals surface area contributed by atoms with Gasteiger partial charge in [-0.15, -0.1) is 0 Å². The second-order valence-corrected chi connectivity index (χ2v) is 3.21. The summed E-state index contributed by atoms with van der Waals surface area (Å²) < 4.78 is 4.62. The summed E-state index contributed by atoms with van der Waals surface area (Å²) >= 11 is 0. The van der Waals surface area contributed by atoms with Crippen molar-refractivity contribution in [2.75, 3.05) is 0 Å². The number of ether oxygens (including phenoxy) is 1. The molecule has 1 unspecified atom stereocenters. The minimum atomic E-state index is -1.18. The average molecular weight is 154 g/mol. The highest BCUT2D eigenvalue weighted by Crippen LogP contribution is 2.43. The molecule has 1 saturated carbocycles. The summed E-state index contributed by atoms with van der Waals surface area (Å²) in [6.45, 7) is 0. The van der Waals surface area contributed by atoms with Crippen LogP contribution < -0.4 is 0 Å². The van der Waals surface area contributed by atoms with Gasteiger partial charge in [-0.25, -0.2) is 4.79 Å². The first-order valence-corrected chi connectivity index (χ1v) is 3.88. The van der Waals surface area contributed by atoms with Crippen LogP contribution in [-0.4, -0.2) is 11.3 Å².